The molecule has 1 nitrogen and oxygen atoms in total. The van der Waals surface area contributed by atoms with Gasteiger partial charge in [-0.05, 0) is 43.5 Å². The molecule has 0 bridgehead atoms. The molecule has 1 aromatic rings. The highest BCUT2D eigenvalue weighted by atomic mass is 19.1. The van der Waals surface area contributed by atoms with Gasteiger partial charge in [0.05, 0.1) is 0 Å². The highest BCUT2D eigenvalue weighted by Gasteiger charge is 2.38. The van der Waals surface area contributed by atoms with Crippen LogP contribution in [0.4, 0.5) is 4.39 Å². The topological polar surface area (TPSA) is 12.0 Å². The Bertz CT molecular complexity index is 298. The minimum atomic E-state index is -0.0499. The Kier molecular flexibility index (Phi) is 2.32. The smallest absolute Gasteiger partial charge is 0.126 e. The summed E-state index contributed by atoms with van der Waals surface area (Å²) in [5.41, 5.74) is 0.891. The van der Waals surface area contributed by atoms with Crippen molar-refractivity contribution in [3.8, 4) is 0 Å². The van der Waals surface area contributed by atoms with Crippen molar-refractivity contribution in [3.05, 3.63) is 35.6 Å². The van der Waals surface area contributed by atoms with Gasteiger partial charge in [0.1, 0.15) is 5.82 Å². The molecule has 1 aromatic carbocycles. The minimum absolute atomic E-state index is 0.0499. The van der Waals surface area contributed by atoms with E-state index in [0.29, 0.717) is 11.8 Å². The summed E-state index contributed by atoms with van der Waals surface area (Å²) in [6.45, 7) is 0.999. The van der Waals surface area contributed by atoms with Gasteiger partial charge in [-0.2, -0.15) is 0 Å². The lowest BCUT2D eigenvalue weighted by atomic mass is 10.1. The van der Waals surface area contributed by atoms with Crippen molar-refractivity contribution in [2.24, 2.45) is 5.92 Å². The first-order valence-electron chi connectivity index (χ1n) is 4.72. The minimum Gasteiger partial charge on any atom is -0.319 e. The van der Waals surface area contributed by atoms with Crippen LogP contribution in [0.15, 0.2) is 24.3 Å². The van der Waals surface area contributed by atoms with Crippen LogP contribution in [-0.4, -0.2) is 13.6 Å². The lowest BCUT2D eigenvalue weighted by Crippen LogP contribution is -2.10. The first-order valence-corrected chi connectivity index (χ1v) is 4.72. The molecule has 0 saturated heterocycles. The van der Waals surface area contributed by atoms with Crippen LogP contribution in [0.2, 0.25) is 0 Å². The summed E-state index contributed by atoms with van der Waals surface area (Å²) >= 11 is 0. The summed E-state index contributed by atoms with van der Waals surface area (Å²) in [7, 11) is 1.94. The Labute approximate surface area is 78.0 Å². The molecule has 1 fully saturated rings. The fourth-order valence-electron chi connectivity index (χ4n) is 1.89. The van der Waals surface area contributed by atoms with E-state index in [0.717, 1.165) is 18.5 Å². The number of hydrogen-bond donors (Lipinski definition) is 1. The summed E-state index contributed by atoms with van der Waals surface area (Å²) in [6, 6.07) is 7.10. The number of rotatable bonds is 3. The molecule has 2 atom stereocenters. The molecule has 2 rings (SSSR count). The van der Waals surface area contributed by atoms with Crippen LogP contribution in [0.3, 0.4) is 0 Å². The molecule has 0 aromatic heterocycles. The normalized spacial score (nSPS) is 26.0. The average molecular weight is 179 g/mol. The van der Waals surface area contributed by atoms with Crippen LogP contribution < -0.4 is 5.32 Å². The van der Waals surface area contributed by atoms with E-state index in [1.165, 1.54) is 0 Å². The SMILES string of the molecule is CNC[C@@H]1C[C@H]1c1ccccc1F. The van der Waals surface area contributed by atoms with Gasteiger partial charge in [0.25, 0.3) is 0 Å². The van der Waals surface area contributed by atoms with E-state index >= 15 is 0 Å². The molecule has 0 heterocycles. The number of benzene rings is 1. The van der Waals surface area contributed by atoms with Crippen LogP contribution in [-0.2, 0) is 0 Å². The lowest BCUT2D eigenvalue weighted by Gasteiger charge is -2.01. The predicted octanol–water partition coefficient (Wildman–Crippen LogP) is 2.15. The van der Waals surface area contributed by atoms with Crippen molar-refractivity contribution in [3.63, 3.8) is 0 Å². The number of hydrogen-bond acceptors (Lipinski definition) is 1. The predicted molar refractivity (Wildman–Crippen MR) is 51.2 cm³/mol. The van der Waals surface area contributed by atoms with E-state index in [1.807, 2.05) is 19.2 Å². The summed E-state index contributed by atoms with van der Waals surface area (Å²) in [5, 5.41) is 3.13. The molecule has 1 saturated carbocycles. The first kappa shape index (κ1) is 8.70. The number of nitrogens with one attached hydrogen (secondary N) is 1. The fraction of sp³-hybridized carbons (Fsp3) is 0.455. The maximum Gasteiger partial charge on any atom is 0.126 e. The van der Waals surface area contributed by atoms with Crippen LogP contribution in [0.5, 0.6) is 0 Å². The molecule has 1 N–H and O–H groups in total. The summed E-state index contributed by atoms with van der Waals surface area (Å²) in [5.74, 6) is 1.04. The summed E-state index contributed by atoms with van der Waals surface area (Å²) < 4.78 is 13.3. The molecule has 1 aliphatic rings. The van der Waals surface area contributed by atoms with E-state index in [9.17, 15) is 4.39 Å². The molecule has 13 heavy (non-hydrogen) atoms. The third kappa shape index (κ3) is 1.73. The molecular formula is C11H14FN. The molecule has 0 radical (unpaired) electrons. The zero-order valence-corrected chi connectivity index (χ0v) is 7.76. The van der Waals surface area contributed by atoms with Crippen LogP contribution >= 0.6 is 0 Å². The van der Waals surface area contributed by atoms with Crippen LogP contribution in [0.25, 0.3) is 0 Å². The highest BCUT2D eigenvalue weighted by Crippen LogP contribution is 2.47. The zero-order chi connectivity index (χ0) is 9.26. The van der Waals surface area contributed by atoms with Gasteiger partial charge >= 0.3 is 0 Å². The Hall–Kier alpha value is -0.890. The second-order valence-corrected chi connectivity index (χ2v) is 3.68. The van der Waals surface area contributed by atoms with E-state index in [1.54, 1.807) is 12.1 Å². The molecular weight excluding hydrogens is 165 g/mol. The van der Waals surface area contributed by atoms with E-state index in [-0.39, 0.29) is 5.82 Å². The van der Waals surface area contributed by atoms with Gasteiger partial charge in [0, 0.05) is 0 Å². The van der Waals surface area contributed by atoms with E-state index < -0.39 is 0 Å². The van der Waals surface area contributed by atoms with Gasteiger partial charge in [-0.1, -0.05) is 18.2 Å². The Morgan fingerprint density at radius 1 is 1.46 bits per heavy atom. The van der Waals surface area contributed by atoms with Gasteiger partial charge < -0.3 is 5.32 Å². The van der Waals surface area contributed by atoms with Crippen molar-refractivity contribution in [1.29, 1.82) is 0 Å². The van der Waals surface area contributed by atoms with Gasteiger partial charge in [0.2, 0.25) is 0 Å². The Morgan fingerprint density at radius 2 is 2.23 bits per heavy atom. The van der Waals surface area contributed by atoms with Crippen molar-refractivity contribution in [1.82, 2.24) is 5.32 Å². The summed E-state index contributed by atoms with van der Waals surface area (Å²) in [4.78, 5) is 0. The van der Waals surface area contributed by atoms with Crippen molar-refractivity contribution >= 4 is 0 Å². The second-order valence-electron chi connectivity index (χ2n) is 3.68. The maximum absolute atomic E-state index is 13.3. The van der Waals surface area contributed by atoms with E-state index in [4.69, 9.17) is 0 Å². The quantitative estimate of drug-likeness (QED) is 0.749. The fourth-order valence-corrected chi connectivity index (χ4v) is 1.89. The zero-order valence-electron chi connectivity index (χ0n) is 7.76. The van der Waals surface area contributed by atoms with Gasteiger partial charge in [-0.15, -0.1) is 0 Å². The molecule has 70 valence electrons. The van der Waals surface area contributed by atoms with Gasteiger partial charge in [0.15, 0.2) is 0 Å². The average Bonchev–Trinajstić information content (AvgIpc) is 2.86. The monoisotopic (exact) mass is 179 g/mol. The molecule has 0 amide bonds. The molecule has 1 aliphatic carbocycles. The van der Waals surface area contributed by atoms with Crippen molar-refractivity contribution < 1.29 is 4.39 Å². The second kappa shape index (κ2) is 3.46. The maximum atomic E-state index is 13.3. The number of halogens is 1. The van der Waals surface area contributed by atoms with Crippen molar-refractivity contribution in [2.45, 2.75) is 12.3 Å². The largest absolute Gasteiger partial charge is 0.319 e. The van der Waals surface area contributed by atoms with Crippen LogP contribution in [0, 0.1) is 11.7 Å². The van der Waals surface area contributed by atoms with Crippen molar-refractivity contribution in [2.75, 3.05) is 13.6 Å². The Balaban J connectivity index is 2.07. The van der Waals surface area contributed by atoms with Crippen LogP contribution in [0.1, 0.15) is 17.9 Å². The lowest BCUT2D eigenvalue weighted by molar-refractivity contribution is 0.602. The first-order chi connectivity index (χ1) is 6.33. The highest BCUT2D eigenvalue weighted by molar-refractivity contribution is 5.27. The standard InChI is InChI=1S/C11H14FN/c1-13-7-8-6-10(8)9-4-2-3-5-11(9)12/h2-5,8,10,13H,6-7H2,1H3/t8-,10+/m0/s1. The molecule has 0 aliphatic heterocycles. The third-order valence-corrected chi connectivity index (χ3v) is 2.69. The Morgan fingerprint density at radius 3 is 2.92 bits per heavy atom. The van der Waals surface area contributed by atoms with Gasteiger partial charge in [-0.3, -0.25) is 0 Å². The third-order valence-electron chi connectivity index (χ3n) is 2.69. The van der Waals surface area contributed by atoms with Gasteiger partial charge in [-0.25, -0.2) is 4.39 Å². The molecule has 0 spiro atoms. The van der Waals surface area contributed by atoms with E-state index in [2.05, 4.69) is 5.32 Å². The molecule has 0 unspecified atom stereocenters. The summed E-state index contributed by atoms with van der Waals surface area (Å²) in [6.07, 6.45) is 1.13. The molecule has 2 heteroatoms.